The van der Waals surface area contributed by atoms with Crippen molar-refractivity contribution in [2.45, 2.75) is 79.0 Å². The number of rotatable bonds is 11. The molecule has 0 amide bonds. The summed E-state index contributed by atoms with van der Waals surface area (Å²) >= 11 is 0. The van der Waals surface area contributed by atoms with E-state index in [9.17, 15) is 35.6 Å². The first-order valence-corrected chi connectivity index (χ1v) is 22.4. The fourth-order valence-electron chi connectivity index (χ4n) is 7.56. The van der Waals surface area contributed by atoms with Gasteiger partial charge in [0.2, 0.25) is 0 Å². The van der Waals surface area contributed by atoms with E-state index in [-0.39, 0.29) is 85.4 Å². The normalized spacial score (nSPS) is 13.1. The van der Waals surface area contributed by atoms with E-state index < -0.39 is 44.9 Å². The molecule has 5 aromatic heterocycles. The van der Waals surface area contributed by atoms with Crippen LogP contribution in [0.25, 0.3) is 44.6 Å². The highest BCUT2D eigenvalue weighted by Crippen LogP contribution is 2.37. The van der Waals surface area contributed by atoms with Crippen LogP contribution in [-0.4, -0.2) is 57.9 Å². The summed E-state index contributed by atoms with van der Waals surface area (Å²) in [7, 11) is -4.28. The van der Waals surface area contributed by atoms with Crippen molar-refractivity contribution in [3.8, 4) is 28.8 Å². The molecule has 0 bridgehead atoms. The summed E-state index contributed by atoms with van der Waals surface area (Å²) in [5.41, 5.74) is 0.765. The summed E-state index contributed by atoms with van der Waals surface area (Å²) in [6, 6.07) is 11.7. The van der Waals surface area contributed by atoms with Crippen LogP contribution >= 0.6 is 0 Å². The molecule has 2 unspecified atom stereocenters. The Bertz CT molecular complexity index is 3250. The first kappa shape index (κ1) is 47.9. The molecule has 20 heteroatoms. The molecule has 13 nitrogen and oxygen atoms in total. The standard InChI is InChI=1S/C27H25F3N4O2S.C20H20F3N7/c1-16-5-7-19(8-6-16)37(35,36)34-15-21(20-12-18(28)13-22(29)25(20)34)26-32-14-23(30)24(33-26)11-17(9-10-31)27(2,3)4;1-20(2,3)10(5-17-27-29-30-28-17)4-16-15(23)9-25-19(26-16)13-8-24-18-12(13)6-11(21)7-14(18)22/h5-8,12-15,17H,9,11H2,1-4H3;6-10,24H,4-5H2,1-3H3,(H,27,28,29,30). The van der Waals surface area contributed by atoms with Gasteiger partial charge in [-0.25, -0.2) is 58.7 Å². The minimum atomic E-state index is -4.28. The first-order valence-electron chi connectivity index (χ1n) is 21.0. The summed E-state index contributed by atoms with van der Waals surface area (Å²) in [6.07, 6.45) is 5.74. The van der Waals surface area contributed by atoms with Gasteiger partial charge in [0, 0.05) is 59.3 Å². The molecule has 67 heavy (non-hydrogen) atoms. The number of nitrogens with one attached hydrogen (secondary N) is 2. The van der Waals surface area contributed by atoms with Crippen molar-refractivity contribution in [3.05, 3.63) is 131 Å². The number of nitrogens with zero attached hydrogens (tertiary/aromatic N) is 9. The Labute approximate surface area is 381 Å². The highest BCUT2D eigenvalue weighted by Gasteiger charge is 2.31. The molecular weight excluding hydrogens is 897 g/mol. The number of aryl methyl sites for hydroxylation is 1. The monoisotopic (exact) mass is 941 g/mol. The zero-order chi connectivity index (χ0) is 48.6. The predicted molar refractivity (Wildman–Crippen MR) is 237 cm³/mol. The Morgan fingerprint density at radius 3 is 1.87 bits per heavy atom. The fraction of sp³-hybridized carbons (Fsp3) is 0.319. The molecule has 0 aliphatic rings. The Morgan fingerprint density at radius 2 is 1.30 bits per heavy atom. The lowest BCUT2D eigenvalue weighted by molar-refractivity contribution is 0.230. The van der Waals surface area contributed by atoms with Gasteiger partial charge >= 0.3 is 0 Å². The Hall–Kier alpha value is -7.01. The summed E-state index contributed by atoms with van der Waals surface area (Å²) in [6.45, 7) is 13.7. The van der Waals surface area contributed by atoms with Crippen LogP contribution in [0.15, 0.2) is 78.2 Å². The maximum Gasteiger partial charge on any atom is 0.268 e. The minimum absolute atomic E-state index is 0.0259. The van der Waals surface area contributed by atoms with Gasteiger partial charge in [0.05, 0.1) is 40.3 Å². The van der Waals surface area contributed by atoms with Crippen LogP contribution < -0.4 is 0 Å². The summed E-state index contributed by atoms with van der Waals surface area (Å²) in [5.74, 6) is -4.29. The summed E-state index contributed by atoms with van der Waals surface area (Å²) < 4.78 is 114. The van der Waals surface area contributed by atoms with E-state index in [0.29, 0.717) is 35.7 Å². The van der Waals surface area contributed by atoms with Gasteiger partial charge in [-0.15, -0.1) is 10.2 Å². The average Bonchev–Trinajstić information content (AvgIpc) is 4.02. The Morgan fingerprint density at radius 1 is 0.731 bits per heavy atom. The van der Waals surface area contributed by atoms with E-state index in [4.69, 9.17) is 0 Å². The third-order valence-electron chi connectivity index (χ3n) is 11.7. The number of aromatic amines is 2. The molecule has 0 radical (unpaired) electrons. The van der Waals surface area contributed by atoms with Crippen molar-refractivity contribution >= 4 is 31.8 Å². The van der Waals surface area contributed by atoms with Crippen LogP contribution in [0.2, 0.25) is 0 Å². The molecule has 0 spiro atoms. The zero-order valence-electron chi connectivity index (χ0n) is 37.4. The average molecular weight is 942 g/mol. The van der Waals surface area contributed by atoms with Crippen molar-refractivity contribution in [1.29, 1.82) is 5.26 Å². The molecule has 5 heterocycles. The van der Waals surface area contributed by atoms with Gasteiger partial charge in [-0.05, 0) is 66.7 Å². The lowest BCUT2D eigenvalue weighted by atomic mass is 9.76. The molecule has 0 saturated carbocycles. The number of benzene rings is 3. The lowest BCUT2D eigenvalue weighted by Crippen LogP contribution is -2.26. The Balaban J connectivity index is 0.000000203. The van der Waals surface area contributed by atoms with Gasteiger partial charge in [0.1, 0.15) is 23.0 Å². The molecular formula is C47H45F6N11O2S. The van der Waals surface area contributed by atoms with Crippen LogP contribution in [0.4, 0.5) is 26.3 Å². The van der Waals surface area contributed by atoms with Gasteiger partial charge in [0.25, 0.3) is 10.0 Å². The van der Waals surface area contributed by atoms with E-state index in [1.165, 1.54) is 24.4 Å². The molecule has 8 aromatic rings. The largest absolute Gasteiger partial charge is 0.358 e. The number of fused-ring (bicyclic) bond motifs is 2. The highest BCUT2D eigenvalue weighted by atomic mass is 32.2. The van der Waals surface area contributed by atoms with Crippen LogP contribution in [0.1, 0.15) is 70.7 Å². The number of tetrazole rings is 1. The third-order valence-corrected chi connectivity index (χ3v) is 13.3. The van der Waals surface area contributed by atoms with Crippen molar-refractivity contribution in [3.63, 3.8) is 0 Å². The molecule has 2 atom stereocenters. The SMILES string of the molecule is CC(C)(C)C(Cc1nn[nH]n1)Cc1nc(-c2c[nH]c3c(F)cc(F)cc23)ncc1F.Cc1ccc(S(=O)(=O)n2cc(-c3ncc(F)c(CC(CC#N)C(C)(C)C)n3)c3cc(F)cc(F)c32)cc1. The molecule has 348 valence electrons. The second kappa shape index (κ2) is 18.7. The molecule has 0 aliphatic heterocycles. The molecule has 0 saturated heterocycles. The maximum absolute atomic E-state index is 15.0. The second-order valence-electron chi connectivity index (χ2n) is 18.4. The lowest BCUT2D eigenvalue weighted by Gasteiger charge is -2.29. The van der Waals surface area contributed by atoms with E-state index >= 15 is 4.39 Å². The smallest absolute Gasteiger partial charge is 0.268 e. The van der Waals surface area contributed by atoms with Crippen LogP contribution in [0.5, 0.6) is 0 Å². The predicted octanol–water partition coefficient (Wildman–Crippen LogP) is 10.2. The van der Waals surface area contributed by atoms with Crippen LogP contribution in [0.3, 0.4) is 0 Å². The highest BCUT2D eigenvalue weighted by molar-refractivity contribution is 7.90. The maximum atomic E-state index is 15.0. The van der Waals surface area contributed by atoms with Crippen molar-refractivity contribution in [2.24, 2.45) is 22.7 Å². The van der Waals surface area contributed by atoms with Crippen molar-refractivity contribution < 1.29 is 34.8 Å². The summed E-state index contributed by atoms with van der Waals surface area (Å²) in [5, 5.41) is 23.4. The number of nitriles is 1. The van der Waals surface area contributed by atoms with Gasteiger partial charge in [-0.3, -0.25) is 0 Å². The number of hydrogen-bond acceptors (Lipinski definition) is 10. The molecule has 3 aromatic carbocycles. The Kier molecular flexibility index (Phi) is 13.4. The van der Waals surface area contributed by atoms with E-state index in [1.807, 2.05) is 41.5 Å². The quantitative estimate of drug-likeness (QED) is 0.118. The summed E-state index contributed by atoms with van der Waals surface area (Å²) in [4.78, 5) is 19.4. The van der Waals surface area contributed by atoms with E-state index in [0.717, 1.165) is 40.3 Å². The fourth-order valence-corrected chi connectivity index (χ4v) is 8.94. The second-order valence-corrected chi connectivity index (χ2v) is 20.2. The van der Waals surface area contributed by atoms with E-state index in [1.54, 1.807) is 19.1 Å². The molecule has 2 N–H and O–H groups in total. The van der Waals surface area contributed by atoms with Gasteiger partial charge in [-0.1, -0.05) is 64.5 Å². The molecule has 8 rings (SSSR count). The number of hydrogen-bond donors (Lipinski definition) is 2. The van der Waals surface area contributed by atoms with Crippen molar-refractivity contribution in [1.82, 2.24) is 49.5 Å². The third kappa shape index (κ3) is 10.4. The van der Waals surface area contributed by atoms with Gasteiger partial charge in [-0.2, -0.15) is 10.5 Å². The van der Waals surface area contributed by atoms with Gasteiger partial charge < -0.3 is 4.98 Å². The minimum Gasteiger partial charge on any atom is -0.358 e. The van der Waals surface area contributed by atoms with Crippen LogP contribution in [0, 0.1) is 75.8 Å². The van der Waals surface area contributed by atoms with Gasteiger partial charge in [0.15, 0.2) is 34.9 Å². The molecule has 0 fully saturated rings. The number of aromatic nitrogens is 10. The number of halogens is 6. The van der Waals surface area contributed by atoms with Crippen LogP contribution in [-0.2, 0) is 29.3 Å². The number of H-pyrrole nitrogens is 2. The first-order chi connectivity index (χ1) is 31.5. The van der Waals surface area contributed by atoms with E-state index in [2.05, 4.69) is 51.6 Å². The molecule has 0 aliphatic carbocycles. The van der Waals surface area contributed by atoms with Crippen molar-refractivity contribution in [2.75, 3.05) is 0 Å². The topological polar surface area (TPSA) is 185 Å². The zero-order valence-corrected chi connectivity index (χ0v) is 38.2.